The van der Waals surface area contributed by atoms with Crippen molar-refractivity contribution >= 4 is 0 Å². The lowest BCUT2D eigenvalue weighted by Crippen LogP contribution is -2.08. The predicted octanol–water partition coefficient (Wildman–Crippen LogP) is 3.37. The van der Waals surface area contributed by atoms with Crippen molar-refractivity contribution in [2.45, 2.75) is 39.3 Å². The second-order valence-electron chi connectivity index (χ2n) is 4.58. The van der Waals surface area contributed by atoms with E-state index in [1.165, 1.54) is 5.56 Å². The number of hydrogen-bond acceptors (Lipinski definition) is 2. The van der Waals surface area contributed by atoms with Crippen LogP contribution in [0.2, 0.25) is 0 Å². The minimum Gasteiger partial charge on any atom is -0.331 e. The third kappa shape index (κ3) is 2.62. The summed E-state index contributed by atoms with van der Waals surface area (Å²) in [6, 6.07) is 8.57. The molecule has 0 aliphatic carbocycles. The molecule has 3 heteroatoms. The summed E-state index contributed by atoms with van der Waals surface area (Å²) in [5.74, 6) is 1.04. The second kappa shape index (κ2) is 5.83. The highest BCUT2D eigenvalue weighted by Crippen LogP contribution is 2.21. The Labute approximate surface area is 109 Å². The molecule has 2 rings (SSSR count). The molecule has 0 spiro atoms. The maximum atomic E-state index is 6.02. The Morgan fingerprint density at radius 3 is 2.56 bits per heavy atom. The maximum Gasteiger partial charge on any atom is 0.139 e. The zero-order valence-corrected chi connectivity index (χ0v) is 11.1. The van der Waals surface area contributed by atoms with Crippen molar-refractivity contribution < 1.29 is 0 Å². The highest BCUT2D eigenvalue weighted by atomic mass is 15.1. The fourth-order valence-corrected chi connectivity index (χ4v) is 2.11. The van der Waals surface area contributed by atoms with Gasteiger partial charge in [-0.3, -0.25) is 0 Å². The van der Waals surface area contributed by atoms with Gasteiger partial charge in [0.15, 0.2) is 0 Å². The molecular formula is C15H21N3. The lowest BCUT2D eigenvalue weighted by Gasteiger charge is -2.10. The van der Waals surface area contributed by atoms with Crippen LogP contribution in [0.25, 0.3) is 11.4 Å². The van der Waals surface area contributed by atoms with Crippen LogP contribution >= 0.6 is 0 Å². The van der Waals surface area contributed by atoms with E-state index in [0.29, 0.717) is 0 Å². The molecule has 0 aliphatic heterocycles. The van der Waals surface area contributed by atoms with Crippen molar-refractivity contribution in [3.8, 4) is 11.4 Å². The van der Waals surface area contributed by atoms with Crippen LogP contribution < -0.4 is 5.73 Å². The topological polar surface area (TPSA) is 43.8 Å². The normalized spacial score (nSPS) is 12.6. The molecule has 0 amide bonds. The third-order valence-electron chi connectivity index (χ3n) is 3.22. The van der Waals surface area contributed by atoms with Gasteiger partial charge in [0, 0.05) is 30.5 Å². The monoisotopic (exact) mass is 243 g/mol. The minimum atomic E-state index is 0.134. The van der Waals surface area contributed by atoms with E-state index in [0.717, 1.165) is 30.8 Å². The number of imidazole rings is 1. The molecule has 1 aromatic heterocycles. The Morgan fingerprint density at radius 2 is 1.94 bits per heavy atom. The zero-order chi connectivity index (χ0) is 13.0. The van der Waals surface area contributed by atoms with Crippen LogP contribution in [0.4, 0.5) is 0 Å². The summed E-state index contributed by atoms with van der Waals surface area (Å²) < 4.78 is 2.19. The van der Waals surface area contributed by atoms with Crippen LogP contribution in [0, 0.1) is 0 Å². The van der Waals surface area contributed by atoms with Gasteiger partial charge in [-0.15, -0.1) is 0 Å². The van der Waals surface area contributed by atoms with Gasteiger partial charge < -0.3 is 10.3 Å². The van der Waals surface area contributed by atoms with Crippen LogP contribution in [0.1, 0.15) is 38.3 Å². The lowest BCUT2D eigenvalue weighted by atomic mass is 10.0. The fourth-order valence-electron chi connectivity index (χ4n) is 2.11. The molecule has 0 aliphatic rings. The molecule has 0 saturated heterocycles. The molecule has 18 heavy (non-hydrogen) atoms. The largest absolute Gasteiger partial charge is 0.331 e. The number of benzene rings is 1. The van der Waals surface area contributed by atoms with Gasteiger partial charge in [0.2, 0.25) is 0 Å². The van der Waals surface area contributed by atoms with Crippen molar-refractivity contribution in [3.63, 3.8) is 0 Å². The number of hydrogen-bond donors (Lipinski definition) is 1. The highest BCUT2D eigenvalue weighted by Gasteiger charge is 2.07. The number of nitrogens with two attached hydrogens (primary N) is 1. The standard InChI is InChI=1S/C15H21N3/c1-3-10-18-11-9-17-15(18)13-7-5-12(6-8-13)14(16)4-2/h5-9,11,14H,3-4,10,16H2,1-2H3. The summed E-state index contributed by atoms with van der Waals surface area (Å²) in [6.07, 6.45) is 5.97. The summed E-state index contributed by atoms with van der Waals surface area (Å²) in [6.45, 7) is 5.28. The van der Waals surface area contributed by atoms with Gasteiger partial charge in [0.05, 0.1) is 0 Å². The molecule has 1 unspecified atom stereocenters. The quantitative estimate of drug-likeness (QED) is 0.875. The first kappa shape index (κ1) is 12.8. The number of nitrogens with zero attached hydrogens (tertiary/aromatic N) is 2. The summed E-state index contributed by atoms with van der Waals surface area (Å²) in [4.78, 5) is 4.43. The molecule has 0 fully saturated rings. The first-order valence-electron chi connectivity index (χ1n) is 6.63. The van der Waals surface area contributed by atoms with Crippen molar-refractivity contribution in [2.75, 3.05) is 0 Å². The molecule has 2 aromatic rings. The smallest absolute Gasteiger partial charge is 0.139 e. The molecule has 96 valence electrons. The summed E-state index contributed by atoms with van der Waals surface area (Å²) in [7, 11) is 0. The maximum absolute atomic E-state index is 6.02. The SMILES string of the molecule is CCCn1ccnc1-c1ccc(C(N)CC)cc1. The Balaban J connectivity index is 2.26. The minimum absolute atomic E-state index is 0.134. The van der Waals surface area contributed by atoms with Gasteiger partial charge in [-0.2, -0.15) is 0 Å². The van der Waals surface area contributed by atoms with Crippen molar-refractivity contribution in [2.24, 2.45) is 5.73 Å². The number of aromatic nitrogens is 2. The molecule has 1 atom stereocenters. The van der Waals surface area contributed by atoms with E-state index in [9.17, 15) is 0 Å². The van der Waals surface area contributed by atoms with Crippen molar-refractivity contribution in [3.05, 3.63) is 42.2 Å². The molecule has 2 N–H and O–H groups in total. The van der Waals surface area contributed by atoms with Gasteiger partial charge in [-0.1, -0.05) is 38.1 Å². The van der Waals surface area contributed by atoms with Crippen LogP contribution in [0.5, 0.6) is 0 Å². The summed E-state index contributed by atoms with van der Waals surface area (Å²) in [5.41, 5.74) is 8.36. The van der Waals surface area contributed by atoms with Crippen molar-refractivity contribution in [1.82, 2.24) is 9.55 Å². The summed E-state index contributed by atoms with van der Waals surface area (Å²) >= 11 is 0. The molecule has 0 bridgehead atoms. The van der Waals surface area contributed by atoms with Gasteiger partial charge >= 0.3 is 0 Å². The van der Waals surface area contributed by atoms with E-state index in [2.05, 4.69) is 47.7 Å². The first-order chi connectivity index (χ1) is 8.76. The van der Waals surface area contributed by atoms with Gasteiger partial charge in [-0.25, -0.2) is 4.98 Å². The van der Waals surface area contributed by atoms with Crippen LogP contribution in [-0.4, -0.2) is 9.55 Å². The van der Waals surface area contributed by atoms with Crippen LogP contribution in [0.15, 0.2) is 36.7 Å². The first-order valence-corrected chi connectivity index (χ1v) is 6.63. The molecule has 3 nitrogen and oxygen atoms in total. The van der Waals surface area contributed by atoms with E-state index in [1.807, 2.05) is 12.4 Å². The van der Waals surface area contributed by atoms with Gasteiger partial charge in [0.25, 0.3) is 0 Å². The van der Waals surface area contributed by atoms with Crippen LogP contribution in [0.3, 0.4) is 0 Å². The van der Waals surface area contributed by atoms with E-state index in [4.69, 9.17) is 5.73 Å². The van der Waals surface area contributed by atoms with Crippen LogP contribution in [-0.2, 0) is 6.54 Å². The predicted molar refractivity (Wildman–Crippen MR) is 75.2 cm³/mol. The lowest BCUT2D eigenvalue weighted by molar-refractivity contribution is 0.684. The molecule has 1 heterocycles. The third-order valence-corrected chi connectivity index (χ3v) is 3.22. The average Bonchev–Trinajstić information content (AvgIpc) is 2.87. The van der Waals surface area contributed by atoms with Gasteiger partial charge in [0.1, 0.15) is 5.82 Å². The Bertz CT molecular complexity index is 485. The second-order valence-corrected chi connectivity index (χ2v) is 4.58. The van der Waals surface area contributed by atoms with E-state index >= 15 is 0 Å². The van der Waals surface area contributed by atoms with Gasteiger partial charge in [-0.05, 0) is 18.4 Å². The van der Waals surface area contributed by atoms with E-state index in [-0.39, 0.29) is 6.04 Å². The molecule has 0 radical (unpaired) electrons. The van der Waals surface area contributed by atoms with Crippen molar-refractivity contribution in [1.29, 1.82) is 0 Å². The fraction of sp³-hybridized carbons (Fsp3) is 0.400. The average molecular weight is 243 g/mol. The molecular weight excluding hydrogens is 222 g/mol. The number of aryl methyl sites for hydroxylation is 1. The summed E-state index contributed by atoms with van der Waals surface area (Å²) in [5, 5.41) is 0. The van der Waals surface area contributed by atoms with E-state index in [1.54, 1.807) is 0 Å². The Kier molecular flexibility index (Phi) is 4.15. The molecule has 1 aromatic carbocycles. The Hall–Kier alpha value is -1.61. The molecule has 0 saturated carbocycles. The highest BCUT2D eigenvalue weighted by molar-refractivity contribution is 5.56. The van der Waals surface area contributed by atoms with E-state index < -0.39 is 0 Å². The zero-order valence-electron chi connectivity index (χ0n) is 11.1. The number of rotatable bonds is 5. The Morgan fingerprint density at radius 1 is 1.22 bits per heavy atom.